The number of hydrogen-bond donors (Lipinski definition) is 1. The largest absolute Gasteiger partial charge is 0.368 e. The molecule has 1 saturated carbocycles. The van der Waals surface area contributed by atoms with Crippen molar-refractivity contribution in [3.8, 4) is 0 Å². The molecule has 1 unspecified atom stereocenters. The van der Waals surface area contributed by atoms with Gasteiger partial charge in [0.25, 0.3) is 0 Å². The van der Waals surface area contributed by atoms with Crippen LogP contribution in [0.3, 0.4) is 0 Å². The van der Waals surface area contributed by atoms with Crippen LogP contribution < -0.4 is 10.2 Å². The average molecular weight is 266 g/mol. The van der Waals surface area contributed by atoms with E-state index < -0.39 is 11.6 Å². The number of anilines is 1. The first-order valence-electron chi connectivity index (χ1n) is 7.16. The summed E-state index contributed by atoms with van der Waals surface area (Å²) in [6.45, 7) is 2.75. The average Bonchev–Trinajstić information content (AvgIpc) is 3.21. The van der Waals surface area contributed by atoms with Crippen LogP contribution in [0, 0.1) is 17.6 Å². The standard InChI is InChI=1S/C15H20F2N2/c16-12-5-6-15(14(17)8-12)19-7-1-2-13(10-19)18-9-11-3-4-11/h5-6,8,11,13,18H,1-4,7,9-10H2. The minimum Gasteiger partial charge on any atom is -0.368 e. The van der Waals surface area contributed by atoms with Gasteiger partial charge in [0.05, 0.1) is 5.69 Å². The third-order valence-electron chi connectivity index (χ3n) is 4.06. The van der Waals surface area contributed by atoms with Crippen molar-refractivity contribution in [2.24, 2.45) is 5.92 Å². The van der Waals surface area contributed by atoms with Crippen molar-refractivity contribution in [3.63, 3.8) is 0 Å². The molecule has 19 heavy (non-hydrogen) atoms. The molecule has 1 N–H and O–H groups in total. The summed E-state index contributed by atoms with van der Waals surface area (Å²) in [6.07, 6.45) is 4.89. The summed E-state index contributed by atoms with van der Waals surface area (Å²) in [5.41, 5.74) is 0.527. The van der Waals surface area contributed by atoms with Crippen molar-refractivity contribution in [2.45, 2.75) is 31.7 Å². The first-order valence-corrected chi connectivity index (χ1v) is 7.16. The van der Waals surface area contributed by atoms with Crippen LogP contribution in [0.15, 0.2) is 18.2 Å². The van der Waals surface area contributed by atoms with E-state index in [1.54, 1.807) is 6.07 Å². The van der Waals surface area contributed by atoms with E-state index in [9.17, 15) is 8.78 Å². The lowest BCUT2D eigenvalue weighted by molar-refractivity contribution is 0.413. The molecule has 3 rings (SSSR count). The van der Waals surface area contributed by atoms with Gasteiger partial charge in [-0.3, -0.25) is 0 Å². The summed E-state index contributed by atoms with van der Waals surface area (Å²) in [6, 6.07) is 4.28. The summed E-state index contributed by atoms with van der Waals surface area (Å²) in [5.74, 6) is -0.109. The molecule has 0 bridgehead atoms. The molecular formula is C15H20F2N2. The van der Waals surface area contributed by atoms with Gasteiger partial charge in [0.1, 0.15) is 11.6 Å². The van der Waals surface area contributed by atoms with E-state index in [0.29, 0.717) is 11.7 Å². The minimum absolute atomic E-state index is 0.429. The summed E-state index contributed by atoms with van der Waals surface area (Å²) < 4.78 is 26.7. The molecule has 2 fully saturated rings. The Morgan fingerprint density at radius 2 is 2.05 bits per heavy atom. The van der Waals surface area contributed by atoms with Gasteiger partial charge in [-0.05, 0) is 50.3 Å². The summed E-state index contributed by atoms with van der Waals surface area (Å²) in [4.78, 5) is 2.03. The minimum atomic E-state index is -0.512. The maximum absolute atomic E-state index is 13.8. The number of nitrogens with one attached hydrogen (secondary N) is 1. The third-order valence-corrected chi connectivity index (χ3v) is 4.06. The van der Waals surface area contributed by atoms with Crippen LogP contribution in [0.4, 0.5) is 14.5 Å². The van der Waals surface area contributed by atoms with Gasteiger partial charge in [0.15, 0.2) is 0 Å². The molecule has 0 spiro atoms. The molecule has 2 aliphatic rings. The highest BCUT2D eigenvalue weighted by Gasteiger charge is 2.25. The van der Waals surface area contributed by atoms with Gasteiger partial charge in [0, 0.05) is 25.2 Å². The predicted molar refractivity (Wildman–Crippen MR) is 72.3 cm³/mol. The monoisotopic (exact) mass is 266 g/mol. The molecule has 0 aromatic heterocycles. The van der Waals surface area contributed by atoms with Gasteiger partial charge in [-0.15, -0.1) is 0 Å². The summed E-state index contributed by atoms with van der Waals surface area (Å²) in [5, 5.41) is 3.58. The maximum atomic E-state index is 13.8. The second-order valence-electron chi connectivity index (χ2n) is 5.73. The molecule has 0 amide bonds. The molecule has 1 aromatic rings. The van der Waals surface area contributed by atoms with Crippen molar-refractivity contribution in [2.75, 3.05) is 24.5 Å². The molecule has 1 atom stereocenters. The lowest BCUT2D eigenvalue weighted by Crippen LogP contribution is -2.46. The quantitative estimate of drug-likeness (QED) is 0.901. The summed E-state index contributed by atoms with van der Waals surface area (Å²) in [7, 11) is 0. The number of benzene rings is 1. The maximum Gasteiger partial charge on any atom is 0.149 e. The number of nitrogens with zero attached hydrogens (tertiary/aromatic N) is 1. The smallest absolute Gasteiger partial charge is 0.149 e. The van der Waals surface area contributed by atoms with Crippen LogP contribution in [-0.2, 0) is 0 Å². The highest BCUT2D eigenvalue weighted by Crippen LogP contribution is 2.28. The zero-order valence-corrected chi connectivity index (χ0v) is 11.0. The molecular weight excluding hydrogens is 246 g/mol. The van der Waals surface area contributed by atoms with Crippen LogP contribution in [-0.4, -0.2) is 25.7 Å². The van der Waals surface area contributed by atoms with Crippen LogP contribution in [0.5, 0.6) is 0 Å². The van der Waals surface area contributed by atoms with Crippen molar-refractivity contribution in [1.82, 2.24) is 5.32 Å². The Hall–Kier alpha value is -1.16. The van der Waals surface area contributed by atoms with Gasteiger partial charge >= 0.3 is 0 Å². The van der Waals surface area contributed by atoms with Crippen LogP contribution in [0.25, 0.3) is 0 Å². The van der Waals surface area contributed by atoms with E-state index in [1.807, 2.05) is 4.90 Å². The Morgan fingerprint density at radius 3 is 2.79 bits per heavy atom. The van der Waals surface area contributed by atoms with Gasteiger partial charge in [0.2, 0.25) is 0 Å². The van der Waals surface area contributed by atoms with Gasteiger partial charge < -0.3 is 10.2 Å². The topological polar surface area (TPSA) is 15.3 Å². The highest BCUT2D eigenvalue weighted by atomic mass is 19.1. The Morgan fingerprint density at radius 1 is 1.21 bits per heavy atom. The van der Waals surface area contributed by atoms with E-state index in [-0.39, 0.29) is 0 Å². The first-order chi connectivity index (χ1) is 9.22. The number of piperidine rings is 1. The van der Waals surface area contributed by atoms with Crippen molar-refractivity contribution in [3.05, 3.63) is 29.8 Å². The molecule has 1 aliphatic heterocycles. The van der Waals surface area contributed by atoms with Gasteiger partial charge in [-0.25, -0.2) is 8.78 Å². The lowest BCUT2D eigenvalue weighted by Gasteiger charge is -2.35. The van der Waals surface area contributed by atoms with Crippen molar-refractivity contribution in [1.29, 1.82) is 0 Å². The number of hydrogen-bond acceptors (Lipinski definition) is 2. The van der Waals surface area contributed by atoms with E-state index in [1.165, 1.54) is 18.9 Å². The summed E-state index contributed by atoms with van der Waals surface area (Å²) >= 11 is 0. The molecule has 104 valence electrons. The fraction of sp³-hybridized carbons (Fsp3) is 0.600. The van der Waals surface area contributed by atoms with E-state index in [2.05, 4.69) is 5.32 Å². The normalized spacial score (nSPS) is 23.7. The van der Waals surface area contributed by atoms with Crippen molar-refractivity contribution < 1.29 is 8.78 Å². The number of rotatable bonds is 4. The van der Waals surface area contributed by atoms with Gasteiger partial charge in [-0.2, -0.15) is 0 Å². The van der Waals surface area contributed by atoms with Crippen LogP contribution in [0.1, 0.15) is 25.7 Å². The Kier molecular flexibility index (Phi) is 3.69. The Balaban J connectivity index is 1.62. The van der Waals surface area contributed by atoms with Crippen LogP contribution in [0.2, 0.25) is 0 Å². The molecule has 2 nitrogen and oxygen atoms in total. The third kappa shape index (κ3) is 3.24. The van der Waals surface area contributed by atoms with Crippen LogP contribution >= 0.6 is 0 Å². The first kappa shape index (κ1) is 12.9. The van der Waals surface area contributed by atoms with E-state index in [0.717, 1.165) is 44.5 Å². The molecule has 0 radical (unpaired) electrons. The molecule has 1 saturated heterocycles. The van der Waals surface area contributed by atoms with Crippen molar-refractivity contribution >= 4 is 5.69 Å². The molecule has 1 heterocycles. The lowest BCUT2D eigenvalue weighted by atomic mass is 10.0. The predicted octanol–water partition coefficient (Wildman–Crippen LogP) is 2.93. The fourth-order valence-corrected chi connectivity index (χ4v) is 2.76. The second-order valence-corrected chi connectivity index (χ2v) is 5.73. The molecule has 4 heteroatoms. The molecule has 1 aromatic carbocycles. The van der Waals surface area contributed by atoms with E-state index in [4.69, 9.17) is 0 Å². The SMILES string of the molecule is Fc1ccc(N2CCCC(NCC3CC3)C2)c(F)c1. The number of halogens is 2. The Bertz CT molecular complexity index is 446. The second kappa shape index (κ2) is 5.45. The van der Waals surface area contributed by atoms with Gasteiger partial charge in [-0.1, -0.05) is 0 Å². The molecule has 1 aliphatic carbocycles. The van der Waals surface area contributed by atoms with E-state index >= 15 is 0 Å². The fourth-order valence-electron chi connectivity index (χ4n) is 2.76. The highest BCUT2D eigenvalue weighted by molar-refractivity contribution is 5.48. The Labute approximate surface area is 112 Å². The zero-order valence-electron chi connectivity index (χ0n) is 11.0. The zero-order chi connectivity index (χ0) is 13.2.